The molecule has 0 aromatic carbocycles. The molecule has 7 nitrogen and oxygen atoms in total. The summed E-state index contributed by atoms with van der Waals surface area (Å²) < 4.78 is 0. The predicted octanol–water partition coefficient (Wildman–Crippen LogP) is 1.57. The Kier molecular flexibility index (Phi) is 5.09. The summed E-state index contributed by atoms with van der Waals surface area (Å²) in [7, 11) is 0. The predicted molar refractivity (Wildman–Crippen MR) is 98.7 cm³/mol. The monoisotopic (exact) mass is 365 g/mol. The molecule has 0 unspecified atom stereocenters. The van der Waals surface area contributed by atoms with Crippen molar-refractivity contribution in [3.05, 3.63) is 54.4 Å². The molecule has 0 aliphatic carbocycles. The summed E-state index contributed by atoms with van der Waals surface area (Å²) in [5.41, 5.74) is 1.44. The fourth-order valence-electron chi connectivity index (χ4n) is 4.07. The highest BCUT2D eigenvalue weighted by Crippen LogP contribution is 2.29. The maximum absolute atomic E-state index is 12.8. The van der Waals surface area contributed by atoms with Gasteiger partial charge in [-0.3, -0.25) is 19.6 Å². The molecule has 2 bridgehead atoms. The van der Waals surface area contributed by atoms with Crippen LogP contribution in [0.5, 0.6) is 0 Å². The number of pyridine rings is 1. The molecule has 3 aliphatic rings. The Morgan fingerprint density at radius 2 is 1.93 bits per heavy atom. The molecule has 2 atom stereocenters. The van der Waals surface area contributed by atoms with Crippen LogP contribution < -0.4 is 0 Å². The van der Waals surface area contributed by atoms with Gasteiger partial charge in [0.1, 0.15) is 5.69 Å². The van der Waals surface area contributed by atoms with Crippen LogP contribution in [0, 0.1) is 5.92 Å². The molecule has 0 N–H and O–H groups in total. The van der Waals surface area contributed by atoms with Crippen LogP contribution in [0.1, 0.15) is 35.3 Å². The Balaban J connectivity index is 1.42. The molecule has 2 aromatic rings. The Hall–Kier alpha value is -2.83. The molecule has 0 radical (unpaired) electrons. The van der Waals surface area contributed by atoms with Gasteiger partial charge in [-0.1, -0.05) is 6.07 Å². The largest absolute Gasteiger partial charge is 0.338 e. The smallest absolute Gasteiger partial charge is 0.274 e. The van der Waals surface area contributed by atoms with Crippen LogP contribution in [0.15, 0.2) is 43.1 Å². The average Bonchev–Trinajstić information content (AvgIpc) is 3.05. The number of carbonyl (C=O) groups excluding carboxylic acids is 2. The normalized spacial score (nSPS) is 21.8. The molecular weight excluding hydrogens is 342 g/mol. The highest BCUT2D eigenvalue weighted by molar-refractivity contribution is 5.92. The van der Waals surface area contributed by atoms with Crippen molar-refractivity contribution in [3.8, 4) is 0 Å². The van der Waals surface area contributed by atoms with Gasteiger partial charge < -0.3 is 9.80 Å². The number of fused-ring (bicyclic) bond motifs is 4. The SMILES string of the molecule is O=C(c1cnccn1)N1C[C@@H]2CC[C@H](C1)N(C(=O)CCc1cccnc1)C2. The van der Waals surface area contributed by atoms with Crippen LogP contribution in [0.25, 0.3) is 0 Å². The average molecular weight is 365 g/mol. The van der Waals surface area contributed by atoms with Crippen LogP contribution in [0.3, 0.4) is 0 Å². The van der Waals surface area contributed by atoms with Crippen LogP contribution in [0.4, 0.5) is 0 Å². The number of hydrogen-bond acceptors (Lipinski definition) is 5. The van der Waals surface area contributed by atoms with Crippen molar-refractivity contribution in [3.63, 3.8) is 0 Å². The minimum Gasteiger partial charge on any atom is -0.338 e. The first-order valence-corrected chi connectivity index (χ1v) is 9.44. The molecule has 3 aliphatic heterocycles. The van der Waals surface area contributed by atoms with E-state index in [4.69, 9.17) is 0 Å². The summed E-state index contributed by atoms with van der Waals surface area (Å²) in [6.07, 6.45) is 11.3. The second-order valence-electron chi connectivity index (χ2n) is 7.31. The number of nitrogens with zero attached hydrogens (tertiary/aromatic N) is 5. The number of amides is 2. The van der Waals surface area contributed by atoms with Gasteiger partial charge in [-0.2, -0.15) is 0 Å². The maximum atomic E-state index is 12.8. The maximum Gasteiger partial charge on any atom is 0.274 e. The molecule has 27 heavy (non-hydrogen) atoms. The van der Waals surface area contributed by atoms with Gasteiger partial charge in [-0.15, -0.1) is 0 Å². The van der Waals surface area contributed by atoms with Gasteiger partial charge in [0.15, 0.2) is 0 Å². The Labute approximate surface area is 158 Å². The van der Waals surface area contributed by atoms with E-state index in [1.807, 2.05) is 28.1 Å². The van der Waals surface area contributed by atoms with Gasteiger partial charge in [-0.05, 0) is 36.8 Å². The lowest BCUT2D eigenvalue weighted by Gasteiger charge is -2.36. The van der Waals surface area contributed by atoms with Gasteiger partial charge in [0.25, 0.3) is 5.91 Å². The van der Waals surface area contributed by atoms with Gasteiger partial charge in [0.05, 0.1) is 6.20 Å². The standard InChI is InChI=1S/C20H23N5O2/c26-19(6-4-15-2-1-7-21-10-15)25-13-16-3-5-17(25)14-24(12-16)20(27)18-11-22-8-9-23-18/h1-2,7-11,16-17H,3-6,12-14H2/t16-,17+/m0/s1. The van der Waals surface area contributed by atoms with Crippen molar-refractivity contribution in [1.29, 1.82) is 0 Å². The Morgan fingerprint density at radius 3 is 2.70 bits per heavy atom. The Morgan fingerprint density at radius 1 is 1.04 bits per heavy atom. The molecule has 3 saturated heterocycles. The molecule has 0 saturated carbocycles. The van der Waals surface area contributed by atoms with E-state index in [1.54, 1.807) is 12.4 Å². The van der Waals surface area contributed by atoms with E-state index in [9.17, 15) is 9.59 Å². The van der Waals surface area contributed by atoms with Crippen LogP contribution >= 0.6 is 0 Å². The first-order chi connectivity index (χ1) is 13.2. The molecule has 140 valence electrons. The lowest BCUT2D eigenvalue weighted by Crippen LogP contribution is -2.47. The summed E-state index contributed by atoms with van der Waals surface area (Å²) >= 11 is 0. The lowest BCUT2D eigenvalue weighted by atomic mass is 9.94. The first-order valence-electron chi connectivity index (χ1n) is 9.44. The number of carbonyl (C=O) groups is 2. The topological polar surface area (TPSA) is 79.3 Å². The van der Waals surface area contributed by atoms with Gasteiger partial charge in [0, 0.05) is 56.9 Å². The number of hydrogen-bond donors (Lipinski definition) is 0. The van der Waals surface area contributed by atoms with E-state index in [-0.39, 0.29) is 17.9 Å². The van der Waals surface area contributed by atoms with Crippen molar-refractivity contribution in [2.75, 3.05) is 19.6 Å². The molecule has 2 amide bonds. The van der Waals surface area contributed by atoms with Gasteiger partial charge in [-0.25, -0.2) is 4.98 Å². The number of aryl methyl sites for hydroxylation is 1. The summed E-state index contributed by atoms with van der Waals surface area (Å²) in [4.78, 5) is 41.7. The van der Waals surface area contributed by atoms with Crippen molar-refractivity contribution in [2.24, 2.45) is 5.92 Å². The molecule has 3 fully saturated rings. The fourth-order valence-corrected chi connectivity index (χ4v) is 4.07. The van der Waals surface area contributed by atoms with Crippen molar-refractivity contribution in [1.82, 2.24) is 24.8 Å². The number of rotatable bonds is 4. The molecule has 5 rings (SSSR count). The quantitative estimate of drug-likeness (QED) is 0.822. The third kappa shape index (κ3) is 3.97. The zero-order valence-corrected chi connectivity index (χ0v) is 15.2. The highest BCUT2D eigenvalue weighted by atomic mass is 16.2. The molecule has 7 heteroatoms. The van der Waals surface area contributed by atoms with E-state index in [1.165, 1.54) is 12.4 Å². The van der Waals surface area contributed by atoms with Crippen LogP contribution in [-0.4, -0.2) is 62.2 Å². The van der Waals surface area contributed by atoms with E-state index >= 15 is 0 Å². The number of piperidine rings is 1. The third-order valence-corrected chi connectivity index (χ3v) is 5.45. The highest BCUT2D eigenvalue weighted by Gasteiger charge is 2.38. The fraction of sp³-hybridized carbons (Fsp3) is 0.450. The lowest BCUT2D eigenvalue weighted by molar-refractivity contribution is -0.135. The molecule has 0 spiro atoms. The van der Waals surface area contributed by atoms with Crippen molar-refractivity contribution < 1.29 is 9.59 Å². The van der Waals surface area contributed by atoms with Crippen LogP contribution in [0.2, 0.25) is 0 Å². The summed E-state index contributed by atoms with van der Waals surface area (Å²) in [6, 6.07) is 3.98. The minimum absolute atomic E-state index is 0.0887. The summed E-state index contributed by atoms with van der Waals surface area (Å²) in [5, 5.41) is 0. The van der Waals surface area contributed by atoms with Crippen LogP contribution in [-0.2, 0) is 11.2 Å². The van der Waals surface area contributed by atoms with Gasteiger partial charge in [0.2, 0.25) is 5.91 Å². The number of aromatic nitrogens is 3. The third-order valence-electron chi connectivity index (χ3n) is 5.45. The van der Waals surface area contributed by atoms with E-state index < -0.39 is 0 Å². The first kappa shape index (κ1) is 17.6. The molecular formula is C20H23N5O2. The Bertz CT molecular complexity index is 799. The van der Waals surface area contributed by atoms with E-state index in [0.717, 1.165) is 24.9 Å². The van der Waals surface area contributed by atoms with Crippen molar-refractivity contribution in [2.45, 2.75) is 31.7 Å². The second-order valence-corrected chi connectivity index (χ2v) is 7.31. The van der Waals surface area contributed by atoms with Gasteiger partial charge >= 0.3 is 0 Å². The van der Waals surface area contributed by atoms with E-state index in [0.29, 0.717) is 37.5 Å². The summed E-state index contributed by atoms with van der Waals surface area (Å²) in [6.45, 7) is 1.99. The minimum atomic E-state index is -0.0929. The zero-order chi connectivity index (χ0) is 18.6. The molecule has 5 heterocycles. The zero-order valence-electron chi connectivity index (χ0n) is 15.2. The van der Waals surface area contributed by atoms with E-state index in [2.05, 4.69) is 15.0 Å². The molecule has 2 aromatic heterocycles. The second kappa shape index (κ2) is 7.82. The summed E-state index contributed by atoms with van der Waals surface area (Å²) in [5.74, 6) is 0.402. The van der Waals surface area contributed by atoms with Crippen molar-refractivity contribution >= 4 is 11.8 Å².